The summed E-state index contributed by atoms with van der Waals surface area (Å²) in [5.41, 5.74) is -3.76. The van der Waals surface area contributed by atoms with E-state index < -0.39 is 53.7 Å². The molecule has 2 aromatic carbocycles. The first-order chi connectivity index (χ1) is 20.4. The van der Waals surface area contributed by atoms with Gasteiger partial charge in [0.05, 0.1) is 43.2 Å². The Morgan fingerprint density at radius 2 is 1.70 bits per heavy atom. The van der Waals surface area contributed by atoms with Crippen LogP contribution in [0.2, 0.25) is 0 Å². The van der Waals surface area contributed by atoms with Gasteiger partial charge in [0, 0.05) is 12.1 Å². The van der Waals surface area contributed by atoms with E-state index in [1.165, 1.54) is 24.5 Å². The third kappa shape index (κ3) is 7.25. The Morgan fingerprint density at radius 1 is 0.977 bits per heavy atom. The van der Waals surface area contributed by atoms with E-state index in [0.29, 0.717) is 37.5 Å². The van der Waals surface area contributed by atoms with E-state index in [9.17, 15) is 35.5 Å². The lowest BCUT2D eigenvalue weighted by Gasteiger charge is -2.23. The van der Waals surface area contributed by atoms with Crippen molar-refractivity contribution in [3.05, 3.63) is 83.3 Å². The summed E-state index contributed by atoms with van der Waals surface area (Å²) >= 11 is 0. The van der Waals surface area contributed by atoms with Gasteiger partial charge in [0.15, 0.2) is 5.75 Å². The molecule has 43 heavy (non-hydrogen) atoms. The maximum Gasteiger partial charge on any atom is 0.416 e. The molecule has 0 aliphatic carbocycles. The number of nitrogens with zero attached hydrogens (tertiary/aromatic N) is 5. The van der Waals surface area contributed by atoms with Gasteiger partial charge in [-0.2, -0.15) is 26.3 Å². The van der Waals surface area contributed by atoms with Crippen molar-refractivity contribution in [3.63, 3.8) is 0 Å². The molecule has 0 saturated carbocycles. The van der Waals surface area contributed by atoms with Crippen LogP contribution in [0.1, 0.15) is 29.0 Å². The van der Waals surface area contributed by atoms with Gasteiger partial charge in [0.2, 0.25) is 17.6 Å². The van der Waals surface area contributed by atoms with Crippen molar-refractivity contribution in [1.82, 2.24) is 20.2 Å². The molecule has 1 aliphatic rings. The molecule has 0 radical (unpaired) electrons. The van der Waals surface area contributed by atoms with Crippen LogP contribution in [-0.2, 0) is 34.8 Å². The van der Waals surface area contributed by atoms with Crippen LogP contribution < -0.4 is 9.64 Å². The number of carbonyl (C=O) groups excluding carboxylic acids is 1. The average molecular weight is 611 g/mol. The molecule has 3 heterocycles. The van der Waals surface area contributed by atoms with Crippen molar-refractivity contribution in [2.75, 3.05) is 18.1 Å². The number of halogens is 7. The topological polar surface area (TPSA) is 103 Å². The van der Waals surface area contributed by atoms with Crippen molar-refractivity contribution in [2.24, 2.45) is 0 Å². The van der Waals surface area contributed by atoms with Crippen LogP contribution in [0.5, 0.6) is 5.75 Å². The Hall–Kier alpha value is -4.60. The Morgan fingerprint density at radius 3 is 2.33 bits per heavy atom. The van der Waals surface area contributed by atoms with Gasteiger partial charge >= 0.3 is 12.4 Å². The second-order valence-electron chi connectivity index (χ2n) is 9.35. The van der Waals surface area contributed by atoms with Crippen LogP contribution in [0.4, 0.5) is 36.4 Å². The smallest absolute Gasteiger partial charge is 0.416 e. The number of benzene rings is 2. The number of carbonyl (C=O) groups is 1. The van der Waals surface area contributed by atoms with Crippen LogP contribution in [0.15, 0.2) is 59.3 Å². The first kappa shape index (κ1) is 29.9. The van der Waals surface area contributed by atoms with E-state index in [0.717, 1.165) is 17.0 Å². The average Bonchev–Trinajstić information content (AvgIpc) is 3.64. The van der Waals surface area contributed by atoms with Gasteiger partial charge in [0.25, 0.3) is 5.89 Å². The normalized spacial score (nSPS) is 15.5. The number of rotatable bonds is 8. The zero-order valence-corrected chi connectivity index (χ0v) is 21.8. The van der Waals surface area contributed by atoms with E-state index in [1.807, 2.05) is 0 Å². The van der Waals surface area contributed by atoms with Crippen molar-refractivity contribution in [1.29, 1.82) is 0 Å². The number of ether oxygens (including phenoxy) is 2. The number of hydrogen-bond acceptors (Lipinski definition) is 8. The van der Waals surface area contributed by atoms with Gasteiger partial charge in [-0.15, -0.1) is 10.2 Å². The lowest BCUT2D eigenvalue weighted by molar-refractivity contribution is -0.143. The van der Waals surface area contributed by atoms with Gasteiger partial charge in [0.1, 0.15) is 18.5 Å². The predicted octanol–water partition coefficient (Wildman–Crippen LogP) is 5.65. The van der Waals surface area contributed by atoms with E-state index in [4.69, 9.17) is 13.9 Å². The highest BCUT2D eigenvalue weighted by molar-refractivity contribution is 5.94. The van der Waals surface area contributed by atoms with Gasteiger partial charge in [-0.3, -0.25) is 4.79 Å². The molecular weight excluding hydrogens is 591 g/mol. The summed E-state index contributed by atoms with van der Waals surface area (Å²) < 4.78 is 110. The van der Waals surface area contributed by atoms with Crippen LogP contribution >= 0.6 is 0 Å². The minimum atomic E-state index is -5.18. The summed E-state index contributed by atoms with van der Waals surface area (Å²) in [6.45, 7) is 0.552. The Labute approximate surface area is 238 Å². The fourth-order valence-corrected chi connectivity index (χ4v) is 4.20. The minimum absolute atomic E-state index is 0.0213. The first-order valence-corrected chi connectivity index (χ1v) is 12.6. The molecule has 1 aliphatic heterocycles. The Bertz CT molecular complexity index is 1570. The fourth-order valence-electron chi connectivity index (χ4n) is 4.20. The highest BCUT2D eigenvalue weighted by atomic mass is 19.4. The van der Waals surface area contributed by atoms with Crippen LogP contribution in [0.3, 0.4) is 0 Å². The van der Waals surface area contributed by atoms with Crippen molar-refractivity contribution in [3.8, 4) is 17.5 Å². The molecular formula is C27H20F7N5O4. The van der Waals surface area contributed by atoms with E-state index >= 15 is 0 Å². The molecule has 2 aromatic heterocycles. The molecule has 1 saturated heterocycles. The lowest BCUT2D eigenvalue weighted by atomic mass is 10.00. The van der Waals surface area contributed by atoms with Gasteiger partial charge < -0.3 is 18.8 Å². The van der Waals surface area contributed by atoms with Crippen molar-refractivity contribution < 1.29 is 49.4 Å². The molecule has 1 atom stereocenters. The van der Waals surface area contributed by atoms with Gasteiger partial charge in [-0.05, 0) is 42.0 Å². The van der Waals surface area contributed by atoms with E-state index in [-0.39, 0.29) is 35.5 Å². The first-order valence-electron chi connectivity index (χ1n) is 12.6. The molecule has 1 amide bonds. The summed E-state index contributed by atoms with van der Waals surface area (Å²) in [7, 11) is 0. The Balaban J connectivity index is 1.38. The SMILES string of the molecule is O=C(Cc1ccc(C(F)(F)F)cc1C(F)(F)F)N(Cc1nnc(-c2ncc(OC3CCOC3)cn2)o1)c1ccc(F)cc1. The van der Waals surface area contributed by atoms with Crippen molar-refractivity contribution >= 4 is 11.6 Å². The Kier molecular flexibility index (Phi) is 8.30. The zero-order valence-electron chi connectivity index (χ0n) is 21.8. The summed E-state index contributed by atoms with van der Waals surface area (Å²) in [6.07, 6.45) is -7.78. The monoisotopic (exact) mass is 611 g/mol. The molecule has 4 aromatic rings. The number of hydrogen-bond donors (Lipinski definition) is 0. The second kappa shape index (κ2) is 11.9. The van der Waals surface area contributed by atoms with Crippen molar-refractivity contribution in [2.45, 2.75) is 37.8 Å². The summed E-state index contributed by atoms with van der Waals surface area (Å²) in [4.78, 5) is 22.5. The number of amides is 1. The zero-order chi connectivity index (χ0) is 30.8. The maximum atomic E-state index is 13.7. The number of anilines is 1. The molecule has 9 nitrogen and oxygen atoms in total. The summed E-state index contributed by atoms with van der Waals surface area (Å²) in [5.74, 6) is -1.53. The third-order valence-corrected chi connectivity index (χ3v) is 6.29. The molecule has 1 fully saturated rings. The largest absolute Gasteiger partial charge is 0.485 e. The molecule has 16 heteroatoms. The number of aromatic nitrogens is 4. The molecule has 0 bridgehead atoms. The molecule has 0 N–H and O–H groups in total. The van der Waals surface area contributed by atoms with Crippen LogP contribution in [0, 0.1) is 5.82 Å². The van der Waals surface area contributed by atoms with Gasteiger partial charge in [-0.25, -0.2) is 14.4 Å². The molecule has 0 spiro atoms. The molecule has 1 unspecified atom stereocenters. The van der Waals surface area contributed by atoms with E-state index in [2.05, 4.69) is 20.2 Å². The standard InChI is InChI=1S/C27H20F7N5O4/c28-17-3-5-18(6-4-17)39(23(40)9-15-1-2-16(26(29,30)31)10-21(15)27(32,33)34)13-22-37-38-25(43-22)24-35-11-20(12-36-24)42-19-7-8-41-14-19/h1-6,10-12,19H,7-9,13-14H2. The van der Waals surface area contributed by atoms with Crippen LogP contribution in [-0.4, -0.2) is 45.4 Å². The highest BCUT2D eigenvalue weighted by Gasteiger charge is 2.38. The predicted molar refractivity (Wildman–Crippen MR) is 133 cm³/mol. The second-order valence-corrected chi connectivity index (χ2v) is 9.35. The third-order valence-electron chi connectivity index (χ3n) is 6.29. The molecule has 226 valence electrons. The lowest BCUT2D eigenvalue weighted by Crippen LogP contribution is -2.32. The minimum Gasteiger partial charge on any atom is -0.485 e. The van der Waals surface area contributed by atoms with Crippen LogP contribution in [0.25, 0.3) is 11.7 Å². The quantitative estimate of drug-likeness (QED) is 0.236. The van der Waals surface area contributed by atoms with Gasteiger partial charge in [-0.1, -0.05) is 6.07 Å². The maximum absolute atomic E-state index is 13.7. The molecule has 5 rings (SSSR count). The summed E-state index contributed by atoms with van der Waals surface area (Å²) in [5, 5.41) is 7.70. The number of alkyl halides is 6. The van der Waals surface area contributed by atoms with E-state index in [1.54, 1.807) is 0 Å². The highest BCUT2D eigenvalue weighted by Crippen LogP contribution is 2.38. The summed E-state index contributed by atoms with van der Waals surface area (Å²) in [6, 6.07) is 5.43. The fraction of sp³-hybridized carbons (Fsp3) is 0.296.